The second kappa shape index (κ2) is 6.89. The molecule has 2 aromatic heterocycles. The lowest BCUT2D eigenvalue weighted by molar-refractivity contribution is -0.0400. The van der Waals surface area contributed by atoms with Gasteiger partial charge in [0.1, 0.15) is 18.5 Å². The maximum Gasteiger partial charge on any atom is 0.172 e. The average molecular weight is 385 g/mol. The lowest BCUT2D eigenvalue weighted by Gasteiger charge is -2.19. The van der Waals surface area contributed by atoms with Crippen molar-refractivity contribution in [2.24, 2.45) is 0 Å². The number of rotatable bonds is 5. The molecule has 0 amide bonds. The van der Waals surface area contributed by atoms with E-state index < -0.39 is 31.4 Å². The number of fused-ring (bicyclic) bond motifs is 1. The van der Waals surface area contributed by atoms with Crippen LogP contribution < -0.4 is 5.73 Å². The standard InChI is InChI=1S/C15H24N5O3PS/c1-24(2,3)6-5-8-10(21)11(22)14(23-8)20-13-9(19-15(20)25-4)12(16)17-7-18-13/h7-8,10-11,14,21-22H,1,5-6H2,2-4H3,(H2,16,17,18)/t8-,10-,11-,14-/m1/s1. The minimum atomic E-state index is -1.24. The summed E-state index contributed by atoms with van der Waals surface area (Å²) >= 11 is 1.39. The number of hydrogen-bond acceptors (Lipinski definition) is 8. The lowest BCUT2D eigenvalue weighted by atomic mass is 10.1. The van der Waals surface area contributed by atoms with Gasteiger partial charge in [-0.15, -0.1) is 13.2 Å². The Labute approximate surface area is 150 Å². The molecule has 1 aliphatic rings. The minimum Gasteiger partial charge on any atom is -0.388 e. The number of nitrogens with zero attached hydrogens (tertiary/aromatic N) is 4. The fourth-order valence-electron chi connectivity index (χ4n) is 2.94. The first kappa shape index (κ1) is 18.7. The molecule has 2 aromatic rings. The molecule has 0 aromatic carbocycles. The van der Waals surface area contributed by atoms with Crippen molar-refractivity contribution in [2.75, 3.05) is 31.5 Å². The number of nitrogen functional groups attached to an aromatic ring is 1. The molecule has 138 valence electrons. The van der Waals surface area contributed by atoms with Gasteiger partial charge in [-0.1, -0.05) is 11.8 Å². The maximum atomic E-state index is 10.6. The molecule has 3 heterocycles. The van der Waals surface area contributed by atoms with Gasteiger partial charge in [-0.05, 0) is 32.2 Å². The highest BCUT2D eigenvalue weighted by atomic mass is 32.2. The van der Waals surface area contributed by atoms with Crippen molar-refractivity contribution in [3.8, 4) is 0 Å². The summed E-state index contributed by atoms with van der Waals surface area (Å²) in [5, 5.41) is 21.6. The molecule has 8 nitrogen and oxygen atoms in total. The Morgan fingerprint density at radius 3 is 2.72 bits per heavy atom. The molecule has 0 radical (unpaired) electrons. The highest BCUT2D eigenvalue weighted by Crippen LogP contribution is 2.41. The Kier molecular flexibility index (Phi) is 5.14. The monoisotopic (exact) mass is 385 g/mol. The summed E-state index contributed by atoms with van der Waals surface area (Å²) in [7, 11) is 0. The van der Waals surface area contributed by atoms with E-state index in [0.717, 1.165) is 6.16 Å². The zero-order valence-electron chi connectivity index (χ0n) is 14.5. The second-order valence-corrected chi connectivity index (χ2v) is 12.0. The van der Waals surface area contributed by atoms with Crippen LogP contribution in [0, 0.1) is 0 Å². The van der Waals surface area contributed by atoms with Crippen molar-refractivity contribution in [3.63, 3.8) is 0 Å². The molecule has 4 N–H and O–H groups in total. The van der Waals surface area contributed by atoms with Gasteiger partial charge in [-0.3, -0.25) is 4.57 Å². The van der Waals surface area contributed by atoms with E-state index in [1.807, 2.05) is 6.26 Å². The van der Waals surface area contributed by atoms with Gasteiger partial charge in [0.2, 0.25) is 0 Å². The van der Waals surface area contributed by atoms with E-state index in [2.05, 4.69) is 34.6 Å². The van der Waals surface area contributed by atoms with E-state index in [4.69, 9.17) is 10.5 Å². The Morgan fingerprint density at radius 1 is 1.36 bits per heavy atom. The van der Waals surface area contributed by atoms with E-state index in [-0.39, 0.29) is 5.82 Å². The SMILES string of the molecule is C=P(C)(C)CC[C@H]1O[C@@H](n2c(SC)nc3c(N)ncnc32)[C@H](O)[C@@H]1O. The van der Waals surface area contributed by atoms with Crippen LogP contribution in [0.1, 0.15) is 12.6 Å². The highest BCUT2D eigenvalue weighted by molar-refractivity contribution is 7.98. The quantitative estimate of drug-likeness (QED) is 0.512. The molecular formula is C15H24N5O3PS. The summed E-state index contributed by atoms with van der Waals surface area (Å²) < 4.78 is 7.71. The summed E-state index contributed by atoms with van der Waals surface area (Å²) in [6.07, 6.45) is 5.67. The molecule has 0 saturated carbocycles. The van der Waals surface area contributed by atoms with E-state index in [0.29, 0.717) is 22.7 Å². The molecule has 10 heteroatoms. The number of aromatic nitrogens is 4. The number of imidazole rings is 1. The predicted molar refractivity (Wildman–Crippen MR) is 103 cm³/mol. The normalized spacial score (nSPS) is 27.2. The van der Waals surface area contributed by atoms with E-state index in [9.17, 15) is 10.2 Å². The third-order valence-corrected chi connectivity index (χ3v) is 6.39. The van der Waals surface area contributed by atoms with Crippen LogP contribution in [0.5, 0.6) is 0 Å². The van der Waals surface area contributed by atoms with Crippen LogP contribution in [0.4, 0.5) is 5.82 Å². The zero-order chi connectivity index (χ0) is 18.4. The van der Waals surface area contributed by atoms with Gasteiger partial charge in [0.05, 0.1) is 6.10 Å². The highest BCUT2D eigenvalue weighted by Gasteiger charge is 2.45. The smallest absolute Gasteiger partial charge is 0.172 e. The molecule has 3 rings (SSSR count). The van der Waals surface area contributed by atoms with Gasteiger partial charge in [-0.25, -0.2) is 15.0 Å². The number of hydrogen-bond donors (Lipinski definition) is 3. The minimum absolute atomic E-state index is 0.271. The summed E-state index contributed by atoms with van der Waals surface area (Å²) in [5.74, 6) is 0.271. The third kappa shape index (κ3) is 3.57. The van der Waals surface area contributed by atoms with E-state index in [1.54, 1.807) is 4.57 Å². The van der Waals surface area contributed by atoms with Crippen molar-refractivity contribution >= 4 is 41.9 Å². The topological polar surface area (TPSA) is 119 Å². The van der Waals surface area contributed by atoms with E-state index >= 15 is 0 Å². The predicted octanol–water partition coefficient (Wildman–Crippen LogP) is 0.849. The summed E-state index contributed by atoms with van der Waals surface area (Å²) in [6.45, 7) is 3.03. The molecule has 0 unspecified atom stereocenters. The molecule has 4 atom stereocenters. The number of ether oxygens (including phenoxy) is 1. The van der Waals surface area contributed by atoms with Crippen LogP contribution in [-0.2, 0) is 4.74 Å². The van der Waals surface area contributed by atoms with Crippen LogP contribution >= 0.6 is 18.6 Å². The fraction of sp³-hybridized carbons (Fsp3) is 0.600. The molecule has 0 spiro atoms. The Morgan fingerprint density at radius 2 is 2.08 bits per heavy atom. The van der Waals surface area contributed by atoms with Crippen molar-refractivity contribution in [1.29, 1.82) is 0 Å². The summed E-state index contributed by atoms with van der Waals surface area (Å²) in [4.78, 5) is 12.6. The first-order chi connectivity index (χ1) is 11.7. The maximum absolute atomic E-state index is 10.6. The molecule has 0 bridgehead atoms. The Balaban J connectivity index is 1.95. The van der Waals surface area contributed by atoms with Gasteiger partial charge in [0, 0.05) is 0 Å². The summed E-state index contributed by atoms with van der Waals surface area (Å²) in [5.41, 5.74) is 6.83. The Bertz CT molecular complexity index is 823. The van der Waals surface area contributed by atoms with Crippen molar-refractivity contribution in [2.45, 2.75) is 36.1 Å². The van der Waals surface area contributed by atoms with Crippen LogP contribution in [0.2, 0.25) is 0 Å². The molecular weight excluding hydrogens is 361 g/mol. The lowest BCUT2D eigenvalue weighted by Crippen LogP contribution is -2.32. The molecule has 0 aliphatic carbocycles. The molecule has 1 saturated heterocycles. The van der Waals surface area contributed by atoms with Crippen molar-refractivity contribution in [3.05, 3.63) is 6.33 Å². The van der Waals surface area contributed by atoms with Crippen LogP contribution in [0.15, 0.2) is 11.5 Å². The largest absolute Gasteiger partial charge is 0.388 e. The average Bonchev–Trinajstić information content (AvgIpc) is 3.05. The number of anilines is 1. The number of aliphatic hydroxyl groups is 2. The first-order valence-corrected chi connectivity index (χ1v) is 12.2. The molecule has 25 heavy (non-hydrogen) atoms. The number of nitrogens with two attached hydrogens (primary N) is 1. The van der Waals surface area contributed by atoms with Gasteiger partial charge in [0.25, 0.3) is 0 Å². The van der Waals surface area contributed by atoms with Gasteiger partial charge in [-0.2, -0.15) is 0 Å². The third-order valence-electron chi connectivity index (χ3n) is 4.27. The van der Waals surface area contributed by atoms with Gasteiger partial charge in [0.15, 0.2) is 28.4 Å². The summed E-state index contributed by atoms with van der Waals surface area (Å²) in [6, 6.07) is 0. The fourth-order valence-corrected chi connectivity index (χ4v) is 4.46. The van der Waals surface area contributed by atoms with Crippen LogP contribution in [0.3, 0.4) is 0 Å². The number of aliphatic hydroxyl groups excluding tert-OH is 2. The van der Waals surface area contributed by atoms with E-state index in [1.165, 1.54) is 18.1 Å². The second-order valence-electron chi connectivity index (χ2n) is 6.89. The Hall–Kier alpha value is -1.12. The van der Waals surface area contributed by atoms with Gasteiger partial charge >= 0.3 is 0 Å². The molecule has 1 fully saturated rings. The van der Waals surface area contributed by atoms with Crippen LogP contribution in [-0.4, -0.2) is 80.1 Å². The zero-order valence-corrected chi connectivity index (χ0v) is 16.2. The van der Waals surface area contributed by atoms with Crippen molar-refractivity contribution < 1.29 is 14.9 Å². The number of thioether (sulfide) groups is 1. The molecule has 1 aliphatic heterocycles. The van der Waals surface area contributed by atoms with Gasteiger partial charge < -0.3 is 20.7 Å². The first-order valence-electron chi connectivity index (χ1n) is 7.94. The van der Waals surface area contributed by atoms with Crippen molar-refractivity contribution in [1.82, 2.24) is 19.5 Å². The van der Waals surface area contributed by atoms with Crippen LogP contribution in [0.25, 0.3) is 11.2 Å².